The number of carboxylic acid groups (broad SMARTS) is 1. The van der Waals surface area contributed by atoms with E-state index in [2.05, 4.69) is 5.32 Å². The van der Waals surface area contributed by atoms with E-state index in [-0.39, 0.29) is 12.3 Å². The Morgan fingerprint density at radius 1 is 1.35 bits per heavy atom. The van der Waals surface area contributed by atoms with E-state index in [0.29, 0.717) is 23.6 Å². The highest BCUT2D eigenvalue weighted by atomic mass is 35.5. The number of carboxylic acids is 1. The number of anilines is 1. The molecule has 1 aliphatic carbocycles. The first kappa shape index (κ1) is 14.9. The van der Waals surface area contributed by atoms with Gasteiger partial charge in [-0.3, -0.25) is 9.59 Å². The number of halogens is 1. The van der Waals surface area contributed by atoms with E-state index in [1.165, 1.54) is 0 Å². The fraction of sp³-hybridized carbons (Fsp3) is 0.467. The molecule has 20 heavy (non-hydrogen) atoms. The average molecular weight is 296 g/mol. The maximum absolute atomic E-state index is 12.1. The summed E-state index contributed by atoms with van der Waals surface area (Å²) < 4.78 is 0. The Morgan fingerprint density at radius 2 is 2.00 bits per heavy atom. The monoisotopic (exact) mass is 295 g/mol. The molecular formula is C15H18ClNO3. The number of aryl methyl sites for hydroxylation is 1. The van der Waals surface area contributed by atoms with Crippen LogP contribution in [0.3, 0.4) is 0 Å². The van der Waals surface area contributed by atoms with Crippen LogP contribution < -0.4 is 5.32 Å². The number of hydrogen-bond acceptors (Lipinski definition) is 2. The lowest BCUT2D eigenvalue weighted by Gasteiger charge is -2.23. The van der Waals surface area contributed by atoms with Gasteiger partial charge in [0.05, 0.1) is 5.41 Å². The summed E-state index contributed by atoms with van der Waals surface area (Å²) in [5.41, 5.74) is 0.657. The van der Waals surface area contributed by atoms with Crippen molar-refractivity contribution in [3.63, 3.8) is 0 Å². The van der Waals surface area contributed by atoms with Crippen molar-refractivity contribution in [2.75, 3.05) is 5.32 Å². The smallest absolute Gasteiger partial charge is 0.310 e. The second kappa shape index (κ2) is 5.83. The minimum atomic E-state index is -0.885. The van der Waals surface area contributed by atoms with Gasteiger partial charge in [-0.2, -0.15) is 0 Å². The van der Waals surface area contributed by atoms with E-state index in [1.807, 2.05) is 6.92 Å². The van der Waals surface area contributed by atoms with Gasteiger partial charge in [-0.1, -0.05) is 24.4 Å². The number of rotatable bonds is 4. The van der Waals surface area contributed by atoms with Gasteiger partial charge in [0.2, 0.25) is 5.91 Å². The van der Waals surface area contributed by atoms with Crippen molar-refractivity contribution in [3.05, 3.63) is 28.8 Å². The van der Waals surface area contributed by atoms with Gasteiger partial charge in [-0.25, -0.2) is 0 Å². The van der Waals surface area contributed by atoms with Crippen LogP contribution in [0, 0.1) is 12.3 Å². The molecule has 108 valence electrons. The van der Waals surface area contributed by atoms with Crippen LogP contribution in [0.2, 0.25) is 5.02 Å². The number of nitrogens with one attached hydrogen (secondary N) is 1. The van der Waals surface area contributed by atoms with Crippen LogP contribution in [-0.4, -0.2) is 17.0 Å². The molecule has 0 aromatic heterocycles. The maximum Gasteiger partial charge on any atom is 0.310 e. The highest BCUT2D eigenvalue weighted by molar-refractivity contribution is 6.30. The van der Waals surface area contributed by atoms with Gasteiger partial charge in [0.25, 0.3) is 0 Å². The van der Waals surface area contributed by atoms with Crippen molar-refractivity contribution in [2.24, 2.45) is 5.41 Å². The van der Waals surface area contributed by atoms with Gasteiger partial charge in [-0.05, 0) is 43.5 Å². The summed E-state index contributed by atoms with van der Waals surface area (Å²) in [6.07, 6.45) is 2.94. The van der Waals surface area contributed by atoms with Crippen LogP contribution in [0.15, 0.2) is 18.2 Å². The molecule has 2 N–H and O–H groups in total. The number of amides is 1. The molecule has 4 nitrogen and oxygen atoms in total. The molecule has 1 aliphatic rings. The van der Waals surface area contributed by atoms with Crippen molar-refractivity contribution in [1.29, 1.82) is 0 Å². The third-order valence-corrected chi connectivity index (χ3v) is 4.21. The SMILES string of the molecule is Cc1cc(Cl)ccc1NC(=O)CC1(C(=O)O)CCCC1. The largest absolute Gasteiger partial charge is 0.481 e. The lowest BCUT2D eigenvalue weighted by atomic mass is 9.82. The summed E-state index contributed by atoms with van der Waals surface area (Å²) in [6.45, 7) is 1.85. The Kier molecular flexibility index (Phi) is 4.33. The molecule has 0 aliphatic heterocycles. The summed E-state index contributed by atoms with van der Waals surface area (Å²) in [5, 5.41) is 12.8. The Labute approximate surface area is 123 Å². The quantitative estimate of drug-likeness (QED) is 0.891. The predicted molar refractivity (Wildman–Crippen MR) is 78.0 cm³/mol. The van der Waals surface area contributed by atoms with E-state index in [9.17, 15) is 14.7 Å². The van der Waals surface area contributed by atoms with Crippen molar-refractivity contribution in [1.82, 2.24) is 0 Å². The van der Waals surface area contributed by atoms with Crippen molar-refractivity contribution < 1.29 is 14.7 Å². The fourth-order valence-corrected chi connectivity index (χ4v) is 3.01. The van der Waals surface area contributed by atoms with Crippen LogP contribution in [-0.2, 0) is 9.59 Å². The summed E-state index contributed by atoms with van der Waals surface area (Å²) >= 11 is 5.86. The van der Waals surface area contributed by atoms with E-state index in [1.54, 1.807) is 18.2 Å². The Hall–Kier alpha value is -1.55. The second-order valence-corrected chi connectivity index (χ2v) is 5.91. The molecule has 0 unspecified atom stereocenters. The van der Waals surface area contributed by atoms with Crippen LogP contribution in [0.4, 0.5) is 5.69 Å². The molecule has 0 bridgehead atoms. The van der Waals surface area contributed by atoms with Gasteiger partial charge in [0, 0.05) is 17.1 Å². The first-order valence-corrected chi connectivity index (χ1v) is 7.10. The Balaban J connectivity index is 2.07. The highest BCUT2D eigenvalue weighted by Crippen LogP contribution is 2.41. The van der Waals surface area contributed by atoms with Crippen LogP contribution in [0.25, 0.3) is 0 Å². The van der Waals surface area contributed by atoms with Gasteiger partial charge < -0.3 is 10.4 Å². The van der Waals surface area contributed by atoms with Crippen LogP contribution >= 0.6 is 11.6 Å². The predicted octanol–water partition coefficient (Wildman–Crippen LogP) is 3.62. The molecule has 1 aromatic carbocycles. The number of aliphatic carboxylic acids is 1. The molecule has 1 amide bonds. The van der Waals surface area contributed by atoms with Gasteiger partial charge in [-0.15, -0.1) is 0 Å². The summed E-state index contributed by atoms with van der Waals surface area (Å²) in [4.78, 5) is 23.5. The topological polar surface area (TPSA) is 66.4 Å². The van der Waals surface area contributed by atoms with E-state index >= 15 is 0 Å². The standard InChI is InChI=1S/C15H18ClNO3/c1-10-8-11(16)4-5-12(10)17-13(18)9-15(14(19)20)6-2-3-7-15/h4-5,8H,2-3,6-7,9H2,1H3,(H,17,18)(H,19,20). The zero-order valence-corrected chi connectivity index (χ0v) is 12.2. The Morgan fingerprint density at radius 3 is 2.55 bits per heavy atom. The normalized spacial score (nSPS) is 16.9. The zero-order chi connectivity index (χ0) is 14.8. The Bertz CT molecular complexity index is 536. The van der Waals surface area contributed by atoms with Gasteiger partial charge >= 0.3 is 5.97 Å². The first-order valence-electron chi connectivity index (χ1n) is 6.72. The van der Waals surface area contributed by atoms with Crippen LogP contribution in [0.5, 0.6) is 0 Å². The molecule has 0 atom stereocenters. The fourth-order valence-electron chi connectivity index (χ4n) is 2.79. The maximum atomic E-state index is 12.1. The molecule has 1 fully saturated rings. The third kappa shape index (κ3) is 3.12. The highest BCUT2D eigenvalue weighted by Gasteiger charge is 2.42. The molecule has 0 spiro atoms. The van der Waals surface area contributed by atoms with Crippen molar-refractivity contribution >= 4 is 29.2 Å². The molecule has 0 radical (unpaired) electrons. The molecule has 0 heterocycles. The number of benzene rings is 1. The van der Waals surface area contributed by atoms with Crippen LogP contribution in [0.1, 0.15) is 37.7 Å². The number of hydrogen-bond donors (Lipinski definition) is 2. The van der Waals surface area contributed by atoms with Gasteiger partial charge in [0.15, 0.2) is 0 Å². The second-order valence-electron chi connectivity index (χ2n) is 5.48. The van der Waals surface area contributed by atoms with E-state index in [4.69, 9.17) is 11.6 Å². The van der Waals surface area contributed by atoms with Crippen molar-refractivity contribution in [2.45, 2.75) is 39.0 Å². The van der Waals surface area contributed by atoms with Crippen molar-refractivity contribution in [3.8, 4) is 0 Å². The zero-order valence-electron chi connectivity index (χ0n) is 11.4. The molecule has 5 heteroatoms. The molecule has 1 aromatic rings. The van der Waals surface area contributed by atoms with E-state index < -0.39 is 11.4 Å². The summed E-state index contributed by atoms with van der Waals surface area (Å²) in [7, 11) is 0. The number of carbonyl (C=O) groups excluding carboxylic acids is 1. The summed E-state index contributed by atoms with van der Waals surface area (Å²) in [5.74, 6) is -1.11. The average Bonchev–Trinajstić information content (AvgIpc) is 2.82. The van der Waals surface area contributed by atoms with Gasteiger partial charge in [0.1, 0.15) is 0 Å². The minimum absolute atomic E-state index is 0.0321. The lowest BCUT2D eigenvalue weighted by molar-refractivity contribution is -0.150. The molecule has 2 rings (SSSR count). The summed E-state index contributed by atoms with van der Waals surface area (Å²) in [6, 6.07) is 5.20. The lowest BCUT2D eigenvalue weighted by Crippen LogP contribution is -2.32. The number of carbonyl (C=O) groups is 2. The molecule has 0 saturated heterocycles. The minimum Gasteiger partial charge on any atom is -0.481 e. The third-order valence-electron chi connectivity index (χ3n) is 3.98. The molecule has 1 saturated carbocycles. The first-order chi connectivity index (χ1) is 9.43. The molecular weight excluding hydrogens is 278 g/mol. The van der Waals surface area contributed by atoms with E-state index in [0.717, 1.165) is 18.4 Å².